The van der Waals surface area contributed by atoms with Crippen molar-refractivity contribution in [3.05, 3.63) is 77.6 Å². The first-order chi connectivity index (χ1) is 12.6. The SMILES string of the molecule is NC(=O)CCC1(Cc2ccc(OCc3ccccc3F)cc2)C=CC=N1. The molecule has 0 aromatic heterocycles. The lowest BCUT2D eigenvalue weighted by atomic mass is 9.87. The summed E-state index contributed by atoms with van der Waals surface area (Å²) in [5.74, 6) is 0.0804. The molecule has 1 atom stereocenters. The van der Waals surface area contributed by atoms with E-state index >= 15 is 0 Å². The van der Waals surface area contributed by atoms with Gasteiger partial charge in [0, 0.05) is 24.6 Å². The van der Waals surface area contributed by atoms with E-state index < -0.39 is 5.54 Å². The van der Waals surface area contributed by atoms with Crippen LogP contribution in [0, 0.1) is 5.82 Å². The van der Waals surface area contributed by atoms with Crippen LogP contribution >= 0.6 is 0 Å². The van der Waals surface area contributed by atoms with Crippen LogP contribution in [0.1, 0.15) is 24.0 Å². The zero-order valence-electron chi connectivity index (χ0n) is 14.4. The molecule has 2 aromatic rings. The van der Waals surface area contributed by atoms with E-state index in [2.05, 4.69) is 4.99 Å². The lowest BCUT2D eigenvalue weighted by Gasteiger charge is -2.24. The Labute approximate surface area is 152 Å². The van der Waals surface area contributed by atoms with Crippen LogP contribution < -0.4 is 10.5 Å². The number of halogens is 1. The van der Waals surface area contributed by atoms with Crippen molar-refractivity contribution < 1.29 is 13.9 Å². The number of hydrogen-bond acceptors (Lipinski definition) is 3. The van der Waals surface area contributed by atoms with Crippen molar-refractivity contribution >= 4 is 12.1 Å². The Morgan fingerprint density at radius 3 is 2.58 bits per heavy atom. The molecule has 0 saturated heterocycles. The molecule has 1 amide bonds. The molecule has 0 aliphatic carbocycles. The zero-order valence-corrected chi connectivity index (χ0v) is 14.4. The van der Waals surface area contributed by atoms with Crippen molar-refractivity contribution in [3.8, 4) is 5.75 Å². The number of benzene rings is 2. The number of allylic oxidation sites excluding steroid dienone is 1. The number of primary amides is 1. The van der Waals surface area contributed by atoms with Gasteiger partial charge in [-0.15, -0.1) is 0 Å². The number of carbonyl (C=O) groups is 1. The van der Waals surface area contributed by atoms with E-state index in [1.54, 1.807) is 24.4 Å². The van der Waals surface area contributed by atoms with E-state index in [0.717, 1.165) is 5.56 Å². The van der Waals surface area contributed by atoms with Gasteiger partial charge in [0.25, 0.3) is 0 Å². The smallest absolute Gasteiger partial charge is 0.217 e. The van der Waals surface area contributed by atoms with Crippen LogP contribution in [0.15, 0.2) is 65.7 Å². The Hall–Kier alpha value is -2.95. The van der Waals surface area contributed by atoms with E-state index in [4.69, 9.17) is 10.5 Å². The summed E-state index contributed by atoms with van der Waals surface area (Å²) in [7, 11) is 0. The summed E-state index contributed by atoms with van der Waals surface area (Å²) in [4.78, 5) is 15.6. The molecule has 1 heterocycles. The van der Waals surface area contributed by atoms with E-state index in [0.29, 0.717) is 30.6 Å². The van der Waals surface area contributed by atoms with Gasteiger partial charge >= 0.3 is 0 Å². The third-order valence-electron chi connectivity index (χ3n) is 4.41. The van der Waals surface area contributed by atoms with Gasteiger partial charge in [-0.05, 0) is 36.3 Å². The fourth-order valence-corrected chi connectivity index (χ4v) is 2.97. The van der Waals surface area contributed by atoms with Crippen molar-refractivity contribution in [3.63, 3.8) is 0 Å². The number of amides is 1. The van der Waals surface area contributed by atoms with Gasteiger partial charge < -0.3 is 10.5 Å². The molecule has 0 saturated carbocycles. The number of carbonyl (C=O) groups excluding carboxylic acids is 1. The van der Waals surface area contributed by atoms with Crippen LogP contribution in [0.2, 0.25) is 0 Å². The van der Waals surface area contributed by atoms with E-state index in [1.165, 1.54) is 6.07 Å². The maximum absolute atomic E-state index is 13.6. The summed E-state index contributed by atoms with van der Waals surface area (Å²) in [5.41, 5.74) is 6.47. The molecule has 0 bridgehead atoms. The summed E-state index contributed by atoms with van der Waals surface area (Å²) in [6, 6.07) is 14.2. The van der Waals surface area contributed by atoms with Gasteiger partial charge in [-0.2, -0.15) is 0 Å². The number of rotatable bonds is 8. The van der Waals surface area contributed by atoms with Gasteiger partial charge in [-0.3, -0.25) is 9.79 Å². The predicted octanol–water partition coefficient (Wildman–Crippen LogP) is 3.59. The Bertz CT molecular complexity index is 816. The monoisotopic (exact) mass is 352 g/mol. The first-order valence-electron chi connectivity index (χ1n) is 8.53. The minimum absolute atomic E-state index is 0.182. The summed E-state index contributed by atoms with van der Waals surface area (Å²) in [5, 5.41) is 0. The standard InChI is InChI=1S/C21H21FN2O2/c22-19-5-2-1-4-17(19)15-26-18-8-6-16(7-9-18)14-21(11-3-13-24-21)12-10-20(23)25/h1-9,11,13H,10,12,14-15H2,(H2,23,25). The van der Waals surface area contributed by atoms with Crippen LogP contribution in [-0.4, -0.2) is 17.7 Å². The van der Waals surface area contributed by atoms with Crippen molar-refractivity contribution in [2.45, 2.75) is 31.4 Å². The van der Waals surface area contributed by atoms with Crippen molar-refractivity contribution in [2.75, 3.05) is 0 Å². The van der Waals surface area contributed by atoms with Crippen LogP contribution in [0.3, 0.4) is 0 Å². The van der Waals surface area contributed by atoms with E-state index in [-0.39, 0.29) is 18.3 Å². The van der Waals surface area contributed by atoms with E-state index in [9.17, 15) is 9.18 Å². The van der Waals surface area contributed by atoms with Crippen LogP contribution in [0.5, 0.6) is 5.75 Å². The topological polar surface area (TPSA) is 64.7 Å². The Kier molecular flexibility index (Phi) is 5.46. The Morgan fingerprint density at radius 2 is 1.92 bits per heavy atom. The molecule has 5 heteroatoms. The molecule has 1 aliphatic heterocycles. The molecule has 0 fully saturated rings. The first-order valence-corrected chi connectivity index (χ1v) is 8.53. The molecular formula is C21H21FN2O2. The molecule has 1 unspecified atom stereocenters. The van der Waals surface area contributed by atoms with Crippen LogP contribution in [-0.2, 0) is 17.8 Å². The molecule has 3 rings (SSSR count). The van der Waals surface area contributed by atoms with Gasteiger partial charge in [0.15, 0.2) is 0 Å². The van der Waals surface area contributed by atoms with E-state index in [1.807, 2.05) is 36.4 Å². The fraction of sp³-hybridized carbons (Fsp3) is 0.238. The summed E-state index contributed by atoms with van der Waals surface area (Å²) >= 11 is 0. The fourth-order valence-electron chi connectivity index (χ4n) is 2.97. The molecule has 2 aromatic carbocycles. The molecule has 0 spiro atoms. The normalized spacial score (nSPS) is 18.2. The van der Waals surface area contributed by atoms with Crippen molar-refractivity contribution in [1.29, 1.82) is 0 Å². The van der Waals surface area contributed by atoms with Crippen molar-refractivity contribution in [2.24, 2.45) is 10.7 Å². The summed E-state index contributed by atoms with van der Waals surface area (Å²) in [6.45, 7) is 0.182. The highest BCUT2D eigenvalue weighted by Gasteiger charge is 2.28. The molecule has 1 aliphatic rings. The van der Waals surface area contributed by atoms with Gasteiger partial charge in [-0.25, -0.2) is 4.39 Å². The third-order valence-corrected chi connectivity index (χ3v) is 4.41. The average molecular weight is 352 g/mol. The zero-order chi connectivity index (χ0) is 18.4. The number of nitrogens with two attached hydrogens (primary N) is 1. The number of aliphatic imine (C=N–C) groups is 1. The minimum Gasteiger partial charge on any atom is -0.489 e. The lowest BCUT2D eigenvalue weighted by molar-refractivity contribution is -0.118. The highest BCUT2D eigenvalue weighted by molar-refractivity contribution is 5.76. The number of hydrogen-bond donors (Lipinski definition) is 1. The molecular weight excluding hydrogens is 331 g/mol. The number of nitrogens with zero attached hydrogens (tertiary/aromatic N) is 1. The van der Waals surface area contributed by atoms with Gasteiger partial charge in [0.1, 0.15) is 18.2 Å². The summed E-state index contributed by atoms with van der Waals surface area (Å²) in [6.07, 6.45) is 7.23. The second-order valence-electron chi connectivity index (χ2n) is 6.41. The first kappa shape index (κ1) is 17.9. The maximum Gasteiger partial charge on any atom is 0.217 e. The number of ether oxygens (including phenoxy) is 1. The van der Waals surface area contributed by atoms with Crippen molar-refractivity contribution in [1.82, 2.24) is 0 Å². The Balaban J connectivity index is 1.62. The van der Waals surface area contributed by atoms with Crippen LogP contribution in [0.25, 0.3) is 0 Å². The van der Waals surface area contributed by atoms with Gasteiger partial charge in [0.2, 0.25) is 5.91 Å². The second-order valence-corrected chi connectivity index (χ2v) is 6.41. The van der Waals surface area contributed by atoms with Crippen LogP contribution in [0.4, 0.5) is 4.39 Å². The molecule has 134 valence electrons. The predicted molar refractivity (Wildman–Crippen MR) is 99.7 cm³/mol. The lowest BCUT2D eigenvalue weighted by Crippen LogP contribution is -2.27. The van der Waals surface area contributed by atoms with Gasteiger partial charge in [0.05, 0.1) is 5.54 Å². The molecule has 4 nitrogen and oxygen atoms in total. The molecule has 2 N–H and O–H groups in total. The largest absolute Gasteiger partial charge is 0.489 e. The third kappa shape index (κ3) is 4.57. The average Bonchev–Trinajstić information content (AvgIpc) is 3.09. The molecule has 26 heavy (non-hydrogen) atoms. The highest BCUT2D eigenvalue weighted by atomic mass is 19.1. The highest BCUT2D eigenvalue weighted by Crippen LogP contribution is 2.28. The Morgan fingerprint density at radius 1 is 1.15 bits per heavy atom. The molecule has 0 radical (unpaired) electrons. The summed E-state index contributed by atoms with van der Waals surface area (Å²) < 4.78 is 19.3. The van der Waals surface area contributed by atoms with Gasteiger partial charge in [-0.1, -0.05) is 36.4 Å². The second kappa shape index (κ2) is 7.95. The maximum atomic E-state index is 13.6. The minimum atomic E-state index is -0.412. The quantitative estimate of drug-likeness (QED) is 0.789.